The molecule has 1 aliphatic rings. The zero-order valence-electron chi connectivity index (χ0n) is 16.5. The van der Waals surface area contributed by atoms with Gasteiger partial charge in [0.05, 0.1) is 29.5 Å². The van der Waals surface area contributed by atoms with Crippen LogP contribution in [0.15, 0.2) is 53.1 Å². The summed E-state index contributed by atoms with van der Waals surface area (Å²) in [6.07, 6.45) is 0.140. The first-order valence-electron chi connectivity index (χ1n) is 9.18. The first-order chi connectivity index (χ1) is 14.4. The molecule has 1 atom stereocenters. The van der Waals surface area contributed by atoms with E-state index in [4.69, 9.17) is 16.3 Å². The van der Waals surface area contributed by atoms with Crippen molar-refractivity contribution in [2.24, 2.45) is 0 Å². The van der Waals surface area contributed by atoms with Crippen LogP contribution in [0.3, 0.4) is 0 Å². The Morgan fingerprint density at radius 3 is 2.83 bits per heavy atom. The van der Waals surface area contributed by atoms with Gasteiger partial charge in [-0.05, 0) is 30.7 Å². The molecule has 1 heterocycles. The van der Waals surface area contributed by atoms with Crippen molar-refractivity contribution in [1.29, 1.82) is 5.26 Å². The number of allylic oxidation sites excluding steroid dienone is 1. The summed E-state index contributed by atoms with van der Waals surface area (Å²) in [6, 6.07) is 14.8. The Labute approximate surface area is 184 Å². The van der Waals surface area contributed by atoms with Crippen LogP contribution in [0.1, 0.15) is 23.5 Å². The van der Waals surface area contributed by atoms with Gasteiger partial charge in [-0.1, -0.05) is 47.6 Å². The number of thioether (sulfide) groups is 1. The third-order valence-corrected chi connectivity index (χ3v) is 6.10. The van der Waals surface area contributed by atoms with Crippen LogP contribution in [0, 0.1) is 18.3 Å². The summed E-state index contributed by atoms with van der Waals surface area (Å²) in [5, 5.41) is 16.2. The SMILES string of the molecule is COc1ccccc1[C@@H]1CC(=O)NC(SCC(=O)Nc2ccc(C)c(Cl)c2)=C1C#N. The van der Waals surface area contributed by atoms with Crippen molar-refractivity contribution >= 4 is 40.9 Å². The van der Waals surface area contributed by atoms with E-state index in [1.807, 2.05) is 31.2 Å². The number of nitrogens with one attached hydrogen (secondary N) is 2. The number of rotatable bonds is 6. The summed E-state index contributed by atoms with van der Waals surface area (Å²) in [4.78, 5) is 24.7. The first-order valence-corrected chi connectivity index (χ1v) is 10.5. The third-order valence-electron chi connectivity index (χ3n) is 4.67. The predicted molar refractivity (Wildman–Crippen MR) is 118 cm³/mol. The molecule has 30 heavy (non-hydrogen) atoms. The number of hydrogen-bond donors (Lipinski definition) is 2. The molecule has 6 nitrogen and oxygen atoms in total. The second-order valence-corrected chi connectivity index (χ2v) is 8.10. The lowest BCUT2D eigenvalue weighted by atomic mass is 9.86. The summed E-state index contributed by atoms with van der Waals surface area (Å²) in [6.45, 7) is 1.88. The quantitative estimate of drug-likeness (QED) is 0.694. The molecule has 1 aliphatic heterocycles. The Hall–Kier alpha value is -2.95. The minimum Gasteiger partial charge on any atom is -0.496 e. The van der Waals surface area contributed by atoms with Crippen molar-refractivity contribution in [3.05, 3.63) is 69.2 Å². The van der Waals surface area contributed by atoms with E-state index in [1.54, 1.807) is 25.3 Å². The molecule has 0 bridgehead atoms. The van der Waals surface area contributed by atoms with E-state index >= 15 is 0 Å². The highest BCUT2D eigenvalue weighted by Gasteiger charge is 2.31. The number of ether oxygens (including phenoxy) is 1. The number of para-hydroxylation sites is 1. The maximum Gasteiger partial charge on any atom is 0.234 e. The fourth-order valence-corrected chi connectivity index (χ4v) is 4.22. The highest BCUT2D eigenvalue weighted by molar-refractivity contribution is 8.03. The number of methoxy groups -OCH3 is 1. The van der Waals surface area contributed by atoms with Crippen LogP contribution in [0.4, 0.5) is 5.69 Å². The van der Waals surface area contributed by atoms with E-state index in [2.05, 4.69) is 16.7 Å². The highest BCUT2D eigenvalue weighted by Crippen LogP contribution is 2.39. The van der Waals surface area contributed by atoms with Gasteiger partial charge >= 0.3 is 0 Å². The van der Waals surface area contributed by atoms with E-state index in [-0.39, 0.29) is 24.0 Å². The van der Waals surface area contributed by atoms with Gasteiger partial charge in [0.2, 0.25) is 11.8 Å². The number of amides is 2. The van der Waals surface area contributed by atoms with Crippen molar-refractivity contribution in [1.82, 2.24) is 5.32 Å². The van der Waals surface area contributed by atoms with Crippen LogP contribution in [0.25, 0.3) is 0 Å². The van der Waals surface area contributed by atoms with Gasteiger partial charge in [0, 0.05) is 28.6 Å². The van der Waals surface area contributed by atoms with Gasteiger partial charge in [0.25, 0.3) is 0 Å². The van der Waals surface area contributed by atoms with E-state index in [0.29, 0.717) is 27.1 Å². The van der Waals surface area contributed by atoms with Crippen LogP contribution < -0.4 is 15.4 Å². The number of benzene rings is 2. The van der Waals surface area contributed by atoms with Crippen molar-refractivity contribution < 1.29 is 14.3 Å². The molecule has 0 aliphatic carbocycles. The van der Waals surface area contributed by atoms with Gasteiger partial charge in [0.1, 0.15) is 5.75 Å². The molecule has 2 aromatic carbocycles. The molecule has 0 saturated heterocycles. The Morgan fingerprint density at radius 2 is 2.13 bits per heavy atom. The Morgan fingerprint density at radius 1 is 1.37 bits per heavy atom. The van der Waals surface area contributed by atoms with Crippen LogP contribution in [-0.2, 0) is 9.59 Å². The van der Waals surface area contributed by atoms with Gasteiger partial charge < -0.3 is 15.4 Å². The molecule has 8 heteroatoms. The molecule has 0 unspecified atom stereocenters. The summed E-state index contributed by atoms with van der Waals surface area (Å²) in [7, 11) is 1.55. The van der Waals surface area contributed by atoms with Crippen LogP contribution in [0.2, 0.25) is 5.02 Å². The molecule has 2 amide bonds. The summed E-state index contributed by atoms with van der Waals surface area (Å²) >= 11 is 7.21. The molecule has 0 aromatic heterocycles. The van der Waals surface area contributed by atoms with E-state index in [0.717, 1.165) is 22.9 Å². The zero-order valence-corrected chi connectivity index (χ0v) is 18.1. The van der Waals surface area contributed by atoms with E-state index in [1.165, 1.54) is 0 Å². The molecule has 2 N–H and O–H groups in total. The standard InChI is InChI=1S/C22H20ClN3O3S/c1-13-7-8-14(9-18(13)23)25-21(28)12-30-22-17(11-24)16(10-20(27)26-22)15-5-3-4-6-19(15)29-2/h3-9,16H,10,12H2,1-2H3,(H,25,28)(H,26,27)/t16-/m0/s1. The minimum absolute atomic E-state index is 0.0327. The van der Waals surface area contributed by atoms with Crippen LogP contribution in [0.5, 0.6) is 5.75 Å². The second kappa shape index (κ2) is 9.70. The fraction of sp³-hybridized carbons (Fsp3) is 0.227. The number of carbonyl (C=O) groups is 2. The lowest BCUT2D eigenvalue weighted by molar-refractivity contribution is -0.121. The molecule has 0 radical (unpaired) electrons. The largest absolute Gasteiger partial charge is 0.496 e. The van der Waals surface area contributed by atoms with Gasteiger partial charge in [-0.2, -0.15) is 5.26 Å². The summed E-state index contributed by atoms with van der Waals surface area (Å²) in [5.41, 5.74) is 2.68. The average Bonchev–Trinajstić information content (AvgIpc) is 2.74. The minimum atomic E-state index is -0.429. The molecule has 0 spiro atoms. The average molecular weight is 442 g/mol. The molecular weight excluding hydrogens is 422 g/mol. The second-order valence-electron chi connectivity index (χ2n) is 6.70. The molecule has 0 saturated carbocycles. The Bertz CT molecular complexity index is 1060. The molecule has 3 rings (SSSR count). The maximum absolute atomic E-state index is 12.4. The summed E-state index contributed by atoms with van der Waals surface area (Å²) < 4.78 is 5.40. The molecule has 154 valence electrons. The maximum atomic E-state index is 12.4. The fourth-order valence-electron chi connectivity index (χ4n) is 3.16. The monoisotopic (exact) mass is 441 g/mol. The number of carbonyl (C=O) groups excluding carboxylic acids is 2. The smallest absolute Gasteiger partial charge is 0.234 e. The normalized spacial score (nSPS) is 15.9. The summed E-state index contributed by atoms with van der Waals surface area (Å²) in [5.74, 6) is -0.258. The van der Waals surface area contributed by atoms with Gasteiger partial charge in [-0.25, -0.2) is 0 Å². The van der Waals surface area contributed by atoms with Gasteiger partial charge in [-0.3, -0.25) is 9.59 Å². The van der Waals surface area contributed by atoms with E-state index in [9.17, 15) is 14.9 Å². The number of nitrogens with zero attached hydrogens (tertiary/aromatic N) is 1. The van der Waals surface area contributed by atoms with Crippen molar-refractivity contribution in [3.8, 4) is 11.8 Å². The number of anilines is 1. The third kappa shape index (κ3) is 4.96. The lowest BCUT2D eigenvalue weighted by Gasteiger charge is -2.26. The van der Waals surface area contributed by atoms with Crippen molar-refractivity contribution in [2.75, 3.05) is 18.2 Å². The molecular formula is C22H20ClN3O3S. The predicted octanol–water partition coefficient (Wildman–Crippen LogP) is 4.37. The van der Waals surface area contributed by atoms with Crippen molar-refractivity contribution in [3.63, 3.8) is 0 Å². The Kier molecular flexibility index (Phi) is 7.03. The molecule has 0 fully saturated rings. The highest BCUT2D eigenvalue weighted by atomic mass is 35.5. The van der Waals surface area contributed by atoms with E-state index < -0.39 is 5.92 Å². The molecule has 2 aromatic rings. The number of nitriles is 1. The lowest BCUT2D eigenvalue weighted by Crippen LogP contribution is -2.31. The zero-order chi connectivity index (χ0) is 21.7. The number of hydrogen-bond acceptors (Lipinski definition) is 5. The Balaban J connectivity index is 1.78. The van der Waals surface area contributed by atoms with Crippen molar-refractivity contribution in [2.45, 2.75) is 19.3 Å². The van der Waals surface area contributed by atoms with Gasteiger partial charge in [0.15, 0.2) is 0 Å². The van der Waals surface area contributed by atoms with Crippen LogP contribution in [-0.4, -0.2) is 24.7 Å². The number of halogens is 1. The number of aryl methyl sites for hydroxylation is 1. The van der Waals surface area contributed by atoms with Crippen LogP contribution >= 0.6 is 23.4 Å². The van der Waals surface area contributed by atoms with Gasteiger partial charge in [-0.15, -0.1) is 0 Å². The topological polar surface area (TPSA) is 91.2 Å². The first kappa shape index (κ1) is 21.8.